The van der Waals surface area contributed by atoms with Gasteiger partial charge in [0.1, 0.15) is 11.5 Å². The van der Waals surface area contributed by atoms with Gasteiger partial charge < -0.3 is 14.5 Å². The molecule has 2 aromatic rings. The fourth-order valence-corrected chi connectivity index (χ4v) is 1.69. The predicted octanol–water partition coefficient (Wildman–Crippen LogP) is 2.33. The van der Waals surface area contributed by atoms with Crippen LogP contribution < -0.4 is 10.1 Å². The summed E-state index contributed by atoms with van der Waals surface area (Å²) in [4.78, 5) is 11.6. The van der Waals surface area contributed by atoms with E-state index in [0.29, 0.717) is 13.0 Å². The fraction of sp³-hybridized carbons (Fsp3) is 0.267. The van der Waals surface area contributed by atoms with E-state index in [1.165, 1.54) is 0 Å². The highest BCUT2D eigenvalue weighted by Crippen LogP contribution is 2.15. The van der Waals surface area contributed by atoms with E-state index < -0.39 is 0 Å². The molecule has 4 heteroatoms. The van der Waals surface area contributed by atoms with Gasteiger partial charge in [0.2, 0.25) is 0 Å². The molecule has 1 aromatic heterocycles. The van der Waals surface area contributed by atoms with Crippen molar-refractivity contribution in [3.05, 3.63) is 54.0 Å². The highest BCUT2D eigenvalue weighted by atomic mass is 16.5. The van der Waals surface area contributed by atoms with Gasteiger partial charge in [-0.25, -0.2) is 0 Å². The van der Waals surface area contributed by atoms with Crippen LogP contribution in [0.1, 0.15) is 11.3 Å². The number of furan rings is 1. The molecule has 1 amide bonds. The van der Waals surface area contributed by atoms with Crippen LogP contribution in [0, 0.1) is 6.92 Å². The molecule has 0 atom stereocenters. The molecule has 0 aliphatic heterocycles. The monoisotopic (exact) mass is 259 g/mol. The molecule has 0 radical (unpaired) electrons. The van der Waals surface area contributed by atoms with Crippen LogP contribution in [0.25, 0.3) is 0 Å². The molecule has 2 rings (SSSR count). The zero-order valence-corrected chi connectivity index (χ0v) is 10.9. The van der Waals surface area contributed by atoms with E-state index in [0.717, 1.165) is 17.1 Å². The second-order valence-corrected chi connectivity index (χ2v) is 4.23. The Labute approximate surface area is 112 Å². The SMILES string of the molecule is Cc1ccccc1OCC(=O)NCCc1ccco1. The van der Waals surface area contributed by atoms with Crippen LogP contribution in [0.15, 0.2) is 47.1 Å². The minimum absolute atomic E-state index is 0.0308. The third kappa shape index (κ3) is 4.17. The van der Waals surface area contributed by atoms with Gasteiger partial charge >= 0.3 is 0 Å². The van der Waals surface area contributed by atoms with Gasteiger partial charge in [-0.3, -0.25) is 4.79 Å². The number of hydrogen-bond donors (Lipinski definition) is 1. The summed E-state index contributed by atoms with van der Waals surface area (Å²) in [6, 6.07) is 11.3. The van der Waals surface area contributed by atoms with Crippen molar-refractivity contribution in [2.45, 2.75) is 13.3 Å². The lowest BCUT2D eigenvalue weighted by Gasteiger charge is -2.08. The Balaban J connectivity index is 1.69. The molecule has 19 heavy (non-hydrogen) atoms. The second kappa shape index (κ2) is 6.64. The van der Waals surface area contributed by atoms with Crippen molar-refractivity contribution >= 4 is 5.91 Å². The summed E-state index contributed by atoms with van der Waals surface area (Å²) in [7, 11) is 0. The van der Waals surface area contributed by atoms with Gasteiger partial charge in [-0.15, -0.1) is 0 Å². The minimum Gasteiger partial charge on any atom is -0.484 e. The van der Waals surface area contributed by atoms with E-state index in [2.05, 4.69) is 5.32 Å². The van der Waals surface area contributed by atoms with Crippen LogP contribution in [0.4, 0.5) is 0 Å². The molecular formula is C15H17NO3. The lowest BCUT2D eigenvalue weighted by Crippen LogP contribution is -2.30. The first-order chi connectivity index (χ1) is 9.25. The maximum Gasteiger partial charge on any atom is 0.257 e. The molecule has 1 aromatic carbocycles. The smallest absolute Gasteiger partial charge is 0.257 e. The van der Waals surface area contributed by atoms with Crippen molar-refractivity contribution in [3.63, 3.8) is 0 Å². The summed E-state index contributed by atoms with van der Waals surface area (Å²) in [5.74, 6) is 1.47. The fourth-order valence-electron chi connectivity index (χ4n) is 1.69. The largest absolute Gasteiger partial charge is 0.484 e. The Kier molecular flexibility index (Phi) is 4.61. The Morgan fingerprint density at radius 1 is 1.26 bits per heavy atom. The molecular weight excluding hydrogens is 242 g/mol. The van der Waals surface area contributed by atoms with E-state index in [9.17, 15) is 4.79 Å². The zero-order valence-electron chi connectivity index (χ0n) is 10.9. The van der Waals surface area contributed by atoms with Crippen LogP contribution in [0.5, 0.6) is 5.75 Å². The average Bonchev–Trinajstić information content (AvgIpc) is 2.91. The highest BCUT2D eigenvalue weighted by molar-refractivity contribution is 5.77. The van der Waals surface area contributed by atoms with E-state index in [-0.39, 0.29) is 12.5 Å². The van der Waals surface area contributed by atoms with E-state index in [1.54, 1.807) is 6.26 Å². The van der Waals surface area contributed by atoms with Crippen molar-refractivity contribution in [3.8, 4) is 5.75 Å². The second-order valence-electron chi connectivity index (χ2n) is 4.23. The number of nitrogens with one attached hydrogen (secondary N) is 1. The number of hydrogen-bond acceptors (Lipinski definition) is 3. The molecule has 0 aliphatic carbocycles. The van der Waals surface area contributed by atoms with Gasteiger partial charge in [0.25, 0.3) is 5.91 Å². The number of carbonyl (C=O) groups is 1. The molecule has 4 nitrogen and oxygen atoms in total. The summed E-state index contributed by atoms with van der Waals surface area (Å²) >= 11 is 0. The van der Waals surface area contributed by atoms with Crippen LogP contribution in [-0.4, -0.2) is 19.1 Å². The molecule has 0 spiro atoms. The number of rotatable bonds is 6. The number of carbonyl (C=O) groups excluding carboxylic acids is 1. The van der Waals surface area contributed by atoms with E-state index >= 15 is 0 Å². The Morgan fingerprint density at radius 2 is 2.11 bits per heavy atom. The maximum atomic E-state index is 11.6. The number of ether oxygens (including phenoxy) is 1. The van der Waals surface area contributed by atoms with Crippen molar-refractivity contribution < 1.29 is 13.9 Å². The summed E-state index contributed by atoms with van der Waals surface area (Å²) in [6.45, 7) is 2.52. The molecule has 1 heterocycles. The van der Waals surface area contributed by atoms with E-state index in [1.807, 2.05) is 43.3 Å². The zero-order chi connectivity index (χ0) is 13.5. The van der Waals surface area contributed by atoms with Gasteiger partial charge in [-0.2, -0.15) is 0 Å². The van der Waals surface area contributed by atoms with Gasteiger partial charge in [-0.1, -0.05) is 18.2 Å². The molecule has 0 fully saturated rings. The van der Waals surface area contributed by atoms with E-state index in [4.69, 9.17) is 9.15 Å². The van der Waals surface area contributed by atoms with Crippen LogP contribution in [0.3, 0.4) is 0 Å². The lowest BCUT2D eigenvalue weighted by atomic mass is 10.2. The number of benzene rings is 1. The van der Waals surface area contributed by atoms with Crippen LogP contribution in [0.2, 0.25) is 0 Å². The standard InChI is InChI=1S/C15H17NO3/c1-12-5-2-3-7-14(12)19-11-15(17)16-9-8-13-6-4-10-18-13/h2-7,10H,8-9,11H2,1H3,(H,16,17). The molecule has 1 N–H and O–H groups in total. The molecule has 0 aliphatic rings. The summed E-state index contributed by atoms with van der Waals surface area (Å²) in [5, 5.41) is 2.79. The summed E-state index contributed by atoms with van der Waals surface area (Å²) < 4.78 is 10.6. The van der Waals surface area contributed by atoms with Gasteiger partial charge in [0.05, 0.1) is 6.26 Å². The molecule has 0 bridgehead atoms. The molecule has 0 unspecified atom stereocenters. The van der Waals surface area contributed by atoms with Crippen molar-refractivity contribution in [1.82, 2.24) is 5.32 Å². The number of amides is 1. The Hall–Kier alpha value is -2.23. The average molecular weight is 259 g/mol. The third-order valence-electron chi connectivity index (χ3n) is 2.73. The minimum atomic E-state index is -0.130. The predicted molar refractivity (Wildman–Crippen MR) is 72.1 cm³/mol. The lowest BCUT2D eigenvalue weighted by molar-refractivity contribution is -0.123. The number of para-hydroxylation sites is 1. The van der Waals surface area contributed by atoms with Gasteiger partial charge in [0, 0.05) is 13.0 Å². The normalized spacial score (nSPS) is 10.2. The molecule has 100 valence electrons. The first kappa shape index (κ1) is 13.2. The van der Waals surface area contributed by atoms with Crippen LogP contribution >= 0.6 is 0 Å². The topological polar surface area (TPSA) is 51.5 Å². The molecule has 0 saturated heterocycles. The highest BCUT2D eigenvalue weighted by Gasteiger charge is 2.04. The van der Waals surface area contributed by atoms with Crippen molar-refractivity contribution in [2.24, 2.45) is 0 Å². The van der Waals surface area contributed by atoms with Gasteiger partial charge in [0.15, 0.2) is 6.61 Å². The van der Waals surface area contributed by atoms with Crippen molar-refractivity contribution in [1.29, 1.82) is 0 Å². The van der Waals surface area contributed by atoms with Crippen LogP contribution in [-0.2, 0) is 11.2 Å². The third-order valence-corrected chi connectivity index (χ3v) is 2.73. The van der Waals surface area contributed by atoms with Crippen molar-refractivity contribution in [2.75, 3.05) is 13.2 Å². The molecule has 0 saturated carbocycles. The summed E-state index contributed by atoms with van der Waals surface area (Å²) in [6.07, 6.45) is 2.31. The summed E-state index contributed by atoms with van der Waals surface area (Å²) in [5.41, 5.74) is 1.02. The van der Waals surface area contributed by atoms with Gasteiger partial charge in [-0.05, 0) is 30.7 Å². The quantitative estimate of drug-likeness (QED) is 0.866. The Bertz CT molecular complexity index is 520. The Morgan fingerprint density at radius 3 is 2.84 bits per heavy atom. The first-order valence-electron chi connectivity index (χ1n) is 6.23. The maximum absolute atomic E-state index is 11.6. The first-order valence-corrected chi connectivity index (χ1v) is 6.23. The number of aryl methyl sites for hydroxylation is 1.